The van der Waals surface area contributed by atoms with Gasteiger partial charge >= 0.3 is 0 Å². The second kappa shape index (κ2) is 5.85. The first-order valence-corrected chi connectivity index (χ1v) is 9.38. The number of piperidine rings is 1. The highest BCUT2D eigenvalue weighted by Crippen LogP contribution is 2.31. The molecule has 7 heteroatoms. The Labute approximate surface area is 139 Å². The summed E-state index contributed by atoms with van der Waals surface area (Å²) in [4.78, 5) is 23.5. The molecule has 2 atom stereocenters. The van der Waals surface area contributed by atoms with Gasteiger partial charge in [-0.15, -0.1) is 0 Å². The summed E-state index contributed by atoms with van der Waals surface area (Å²) in [6.45, 7) is 6.89. The van der Waals surface area contributed by atoms with Gasteiger partial charge < -0.3 is 10.2 Å². The molecule has 0 spiro atoms. The number of amides is 1. The van der Waals surface area contributed by atoms with Crippen LogP contribution in [-0.2, 0) is 27.4 Å². The summed E-state index contributed by atoms with van der Waals surface area (Å²) in [6, 6.07) is 0.141. The monoisotopic (exact) mass is 336 g/mol. The number of nitrogens with one attached hydrogen (secondary N) is 1. The molecule has 0 radical (unpaired) electrons. The number of carbonyl (C=O) groups excluding carboxylic acids is 1. The van der Waals surface area contributed by atoms with Crippen LogP contribution in [0.5, 0.6) is 0 Å². The number of rotatable bonds is 2. The van der Waals surface area contributed by atoms with E-state index in [9.17, 15) is 9.00 Å². The van der Waals surface area contributed by atoms with E-state index in [2.05, 4.69) is 36.1 Å². The number of anilines is 1. The van der Waals surface area contributed by atoms with E-state index >= 15 is 0 Å². The van der Waals surface area contributed by atoms with Gasteiger partial charge in [0.25, 0.3) is 0 Å². The fourth-order valence-electron chi connectivity index (χ4n) is 2.95. The molecule has 1 aromatic heterocycles. The minimum Gasteiger partial charge on any atom is -0.364 e. The van der Waals surface area contributed by atoms with Gasteiger partial charge in [-0.2, -0.15) is 0 Å². The molecular formula is C16H24N4O2S. The van der Waals surface area contributed by atoms with Gasteiger partial charge in [0.2, 0.25) is 5.91 Å². The number of nitrogens with zero attached hydrogens (tertiary/aromatic N) is 3. The third-order valence-electron chi connectivity index (χ3n) is 4.33. The van der Waals surface area contributed by atoms with Crippen molar-refractivity contribution in [1.82, 2.24) is 14.9 Å². The van der Waals surface area contributed by atoms with Crippen LogP contribution < -0.4 is 5.32 Å². The normalized spacial score (nSPS) is 24.7. The van der Waals surface area contributed by atoms with Crippen LogP contribution in [0, 0.1) is 0 Å². The van der Waals surface area contributed by atoms with Crippen LogP contribution in [0.1, 0.15) is 45.1 Å². The molecule has 2 aliphatic rings. The third-order valence-corrected chi connectivity index (χ3v) is 5.79. The molecule has 126 valence electrons. The lowest BCUT2D eigenvalue weighted by Gasteiger charge is -2.31. The fraction of sp³-hybridized carbons (Fsp3) is 0.688. The van der Waals surface area contributed by atoms with Crippen molar-refractivity contribution >= 4 is 22.5 Å². The number of aryl methyl sites for hydroxylation is 1. The van der Waals surface area contributed by atoms with Crippen molar-refractivity contribution < 1.29 is 9.00 Å². The number of carbonyl (C=O) groups is 1. The van der Waals surface area contributed by atoms with Crippen molar-refractivity contribution in [2.45, 2.75) is 56.4 Å². The van der Waals surface area contributed by atoms with Crippen LogP contribution >= 0.6 is 0 Å². The Morgan fingerprint density at radius 2 is 2.00 bits per heavy atom. The molecule has 0 bridgehead atoms. The van der Waals surface area contributed by atoms with Crippen molar-refractivity contribution in [1.29, 1.82) is 0 Å². The van der Waals surface area contributed by atoms with E-state index in [0.29, 0.717) is 24.5 Å². The van der Waals surface area contributed by atoms with Gasteiger partial charge in [0.05, 0.1) is 16.5 Å². The highest BCUT2D eigenvalue weighted by Gasteiger charge is 2.31. The maximum Gasteiger partial charge on any atom is 0.222 e. The minimum atomic E-state index is -1.03. The van der Waals surface area contributed by atoms with Crippen LogP contribution in [0.2, 0.25) is 0 Å². The summed E-state index contributed by atoms with van der Waals surface area (Å²) in [7, 11) is 0.786. The van der Waals surface area contributed by atoms with E-state index in [-0.39, 0.29) is 17.4 Å². The second-order valence-corrected chi connectivity index (χ2v) is 8.88. The summed E-state index contributed by atoms with van der Waals surface area (Å²) in [6.07, 6.45) is 2.06. The van der Waals surface area contributed by atoms with E-state index in [4.69, 9.17) is 0 Å². The lowest BCUT2D eigenvalue weighted by Crippen LogP contribution is -2.43. The van der Waals surface area contributed by atoms with E-state index in [1.165, 1.54) is 0 Å². The lowest BCUT2D eigenvalue weighted by atomic mass is 9.95. The van der Waals surface area contributed by atoms with Crippen LogP contribution in [0.4, 0.5) is 5.82 Å². The first kappa shape index (κ1) is 16.4. The topological polar surface area (TPSA) is 75.2 Å². The van der Waals surface area contributed by atoms with Gasteiger partial charge in [-0.05, 0) is 6.42 Å². The third kappa shape index (κ3) is 3.24. The predicted molar refractivity (Wildman–Crippen MR) is 90.0 cm³/mol. The summed E-state index contributed by atoms with van der Waals surface area (Å²) in [5.74, 6) is 2.27. The summed E-state index contributed by atoms with van der Waals surface area (Å²) in [5, 5.41) is 3.44. The van der Waals surface area contributed by atoms with Gasteiger partial charge in [-0.25, -0.2) is 9.97 Å². The van der Waals surface area contributed by atoms with Crippen molar-refractivity contribution in [3.8, 4) is 0 Å². The van der Waals surface area contributed by atoms with E-state index in [1.54, 1.807) is 4.90 Å². The number of likely N-dealkylation sites (tertiary alicyclic amines) is 1. The Morgan fingerprint density at radius 1 is 1.26 bits per heavy atom. The first-order chi connectivity index (χ1) is 10.8. The van der Waals surface area contributed by atoms with E-state index < -0.39 is 10.8 Å². The summed E-state index contributed by atoms with van der Waals surface area (Å²) >= 11 is 0. The Balaban J connectivity index is 1.93. The van der Waals surface area contributed by atoms with Crippen LogP contribution in [0.15, 0.2) is 4.90 Å². The SMILES string of the molecule is CN1CC(Nc2nc(C(C)(C)C)nc3c2S(=O)CC3)CCC1=O. The molecule has 23 heavy (non-hydrogen) atoms. The molecule has 0 aliphatic carbocycles. The summed E-state index contributed by atoms with van der Waals surface area (Å²) in [5.41, 5.74) is 0.750. The van der Waals surface area contributed by atoms with Crippen molar-refractivity contribution in [2.24, 2.45) is 0 Å². The molecule has 3 rings (SSSR count). The van der Waals surface area contributed by atoms with Crippen molar-refractivity contribution in [3.05, 3.63) is 11.5 Å². The number of likely N-dealkylation sites (N-methyl/N-ethyl adjacent to an activating group) is 1. The van der Waals surface area contributed by atoms with Crippen LogP contribution in [0.25, 0.3) is 0 Å². The molecule has 6 nitrogen and oxygen atoms in total. The van der Waals surface area contributed by atoms with Gasteiger partial charge in [0.15, 0.2) is 0 Å². The molecule has 0 aromatic carbocycles. The molecule has 1 N–H and O–H groups in total. The second-order valence-electron chi connectivity index (χ2n) is 7.38. The number of aromatic nitrogens is 2. The molecule has 1 aromatic rings. The van der Waals surface area contributed by atoms with Gasteiger partial charge in [0, 0.05) is 43.6 Å². The quantitative estimate of drug-likeness (QED) is 0.885. The maximum absolute atomic E-state index is 12.3. The largest absolute Gasteiger partial charge is 0.364 e. The standard InChI is InChI=1S/C16H24N4O2S/c1-16(2,3)15-18-11-7-8-23(22)13(11)14(19-15)17-10-5-6-12(21)20(4)9-10/h10H,5-9H2,1-4H3,(H,17,18,19). The van der Waals surface area contributed by atoms with Crippen LogP contribution in [0.3, 0.4) is 0 Å². The number of fused-ring (bicyclic) bond motifs is 1. The highest BCUT2D eigenvalue weighted by atomic mass is 32.2. The molecule has 1 saturated heterocycles. The van der Waals surface area contributed by atoms with E-state index in [0.717, 1.165) is 29.3 Å². The predicted octanol–water partition coefficient (Wildman–Crippen LogP) is 1.47. The zero-order valence-corrected chi connectivity index (χ0v) is 15.0. The van der Waals surface area contributed by atoms with Gasteiger partial charge in [-0.1, -0.05) is 20.8 Å². The smallest absolute Gasteiger partial charge is 0.222 e. The van der Waals surface area contributed by atoms with Crippen molar-refractivity contribution in [2.75, 3.05) is 24.7 Å². The highest BCUT2D eigenvalue weighted by molar-refractivity contribution is 7.85. The van der Waals surface area contributed by atoms with Crippen molar-refractivity contribution in [3.63, 3.8) is 0 Å². The number of hydrogen-bond acceptors (Lipinski definition) is 5. The Kier molecular flexibility index (Phi) is 4.16. The summed E-state index contributed by atoms with van der Waals surface area (Å²) < 4.78 is 12.3. The Morgan fingerprint density at radius 3 is 2.65 bits per heavy atom. The Hall–Kier alpha value is -1.50. The molecular weight excluding hydrogens is 312 g/mol. The molecule has 0 saturated carbocycles. The Bertz CT molecular complexity index is 669. The number of hydrogen-bond donors (Lipinski definition) is 1. The average molecular weight is 336 g/mol. The molecule has 1 fully saturated rings. The zero-order chi connectivity index (χ0) is 16.8. The molecule has 3 heterocycles. The minimum absolute atomic E-state index is 0.141. The maximum atomic E-state index is 12.3. The molecule has 1 amide bonds. The first-order valence-electron chi connectivity index (χ1n) is 8.06. The average Bonchev–Trinajstić information content (AvgIpc) is 2.84. The van der Waals surface area contributed by atoms with Gasteiger partial charge in [0.1, 0.15) is 16.5 Å². The fourth-order valence-corrected chi connectivity index (χ4v) is 4.27. The van der Waals surface area contributed by atoms with E-state index in [1.807, 2.05) is 7.05 Å². The zero-order valence-electron chi connectivity index (χ0n) is 14.2. The van der Waals surface area contributed by atoms with Crippen LogP contribution in [-0.4, -0.2) is 50.4 Å². The van der Waals surface area contributed by atoms with Gasteiger partial charge in [-0.3, -0.25) is 9.00 Å². The lowest BCUT2D eigenvalue weighted by molar-refractivity contribution is -0.132. The molecule has 2 aliphatic heterocycles. The molecule has 2 unspecified atom stereocenters.